The van der Waals surface area contributed by atoms with Crippen LogP contribution in [-0.4, -0.2) is 21.4 Å². The molecule has 1 heterocycles. The van der Waals surface area contributed by atoms with Gasteiger partial charge < -0.3 is 10.8 Å². The van der Waals surface area contributed by atoms with E-state index in [0.29, 0.717) is 13.0 Å². The monoisotopic (exact) mass is 205 g/mol. The van der Waals surface area contributed by atoms with Gasteiger partial charge in [-0.1, -0.05) is 18.2 Å². The maximum absolute atomic E-state index is 9.95. The third-order valence-corrected chi connectivity index (χ3v) is 2.54. The molecule has 3 N–H and O–H groups in total. The number of hydrogen-bond acceptors (Lipinski definition) is 3. The number of benzene rings is 1. The van der Waals surface area contributed by atoms with Crippen molar-refractivity contribution in [3.05, 3.63) is 30.0 Å². The summed E-state index contributed by atoms with van der Waals surface area (Å²) in [6, 6.07) is 7.79. The lowest BCUT2D eigenvalue weighted by Crippen LogP contribution is -2.10. The van der Waals surface area contributed by atoms with Crippen LogP contribution in [0.4, 0.5) is 0 Å². The molecule has 1 unspecified atom stereocenters. The molecule has 0 aliphatic heterocycles. The van der Waals surface area contributed by atoms with Crippen LogP contribution in [-0.2, 0) is 7.05 Å². The Morgan fingerprint density at radius 2 is 2.20 bits per heavy atom. The van der Waals surface area contributed by atoms with Gasteiger partial charge in [-0.15, -0.1) is 0 Å². The van der Waals surface area contributed by atoms with E-state index in [0.717, 1.165) is 16.6 Å². The van der Waals surface area contributed by atoms with Crippen molar-refractivity contribution >= 4 is 10.9 Å². The van der Waals surface area contributed by atoms with Crippen LogP contribution in [0.15, 0.2) is 24.3 Å². The van der Waals surface area contributed by atoms with E-state index in [1.54, 1.807) is 4.68 Å². The van der Waals surface area contributed by atoms with Crippen LogP contribution in [0.5, 0.6) is 0 Å². The summed E-state index contributed by atoms with van der Waals surface area (Å²) in [5, 5.41) is 15.3. The maximum Gasteiger partial charge on any atom is 0.0974 e. The van der Waals surface area contributed by atoms with Gasteiger partial charge in [0.05, 0.1) is 17.3 Å². The van der Waals surface area contributed by atoms with Crippen LogP contribution >= 0.6 is 0 Å². The molecule has 0 fully saturated rings. The van der Waals surface area contributed by atoms with Gasteiger partial charge in [-0.2, -0.15) is 5.10 Å². The first kappa shape index (κ1) is 10.1. The molecule has 0 aliphatic rings. The first-order chi connectivity index (χ1) is 7.24. The standard InChI is InChI=1S/C11H15N3O/c1-14-11(10(15)6-7-12)8-4-2-3-5-9(8)13-14/h2-5,10,15H,6-7,12H2,1H3. The third kappa shape index (κ3) is 1.73. The minimum atomic E-state index is -0.535. The lowest BCUT2D eigenvalue weighted by Gasteiger charge is -2.09. The lowest BCUT2D eigenvalue weighted by atomic mass is 10.1. The summed E-state index contributed by atoms with van der Waals surface area (Å²) in [5.41, 5.74) is 7.19. The molecule has 4 heteroatoms. The Hall–Kier alpha value is -1.39. The van der Waals surface area contributed by atoms with E-state index in [-0.39, 0.29) is 0 Å². The van der Waals surface area contributed by atoms with Crippen molar-refractivity contribution < 1.29 is 5.11 Å². The second-order valence-corrected chi connectivity index (χ2v) is 3.62. The smallest absolute Gasteiger partial charge is 0.0974 e. The summed E-state index contributed by atoms with van der Waals surface area (Å²) in [4.78, 5) is 0. The zero-order valence-corrected chi connectivity index (χ0v) is 8.72. The quantitative estimate of drug-likeness (QED) is 0.784. The summed E-state index contributed by atoms with van der Waals surface area (Å²) >= 11 is 0. The molecule has 1 aromatic heterocycles. The van der Waals surface area contributed by atoms with Gasteiger partial charge in [-0.25, -0.2) is 0 Å². The van der Waals surface area contributed by atoms with Crippen LogP contribution in [0, 0.1) is 0 Å². The zero-order chi connectivity index (χ0) is 10.8. The van der Waals surface area contributed by atoms with Gasteiger partial charge >= 0.3 is 0 Å². The average molecular weight is 205 g/mol. The van der Waals surface area contributed by atoms with Gasteiger partial charge in [0.2, 0.25) is 0 Å². The summed E-state index contributed by atoms with van der Waals surface area (Å²) in [7, 11) is 1.84. The summed E-state index contributed by atoms with van der Waals surface area (Å²) in [6.45, 7) is 0.473. The molecule has 0 aliphatic carbocycles. The lowest BCUT2D eigenvalue weighted by molar-refractivity contribution is 0.162. The molecule has 0 bridgehead atoms. The molecule has 0 saturated heterocycles. The maximum atomic E-state index is 9.95. The van der Waals surface area contributed by atoms with Crippen molar-refractivity contribution in [3.8, 4) is 0 Å². The number of aromatic nitrogens is 2. The predicted octanol–water partition coefficient (Wildman–Crippen LogP) is 0.955. The van der Waals surface area contributed by atoms with E-state index in [4.69, 9.17) is 5.73 Å². The molecule has 0 amide bonds. The fourth-order valence-electron chi connectivity index (χ4n) is 1.86. The Morgan fingerprint density at radius 3 is 2.93 bits per heavy atom. The predicted molar refractivity (Wildman–Crippen MR) is 59.3 cm³/mol. The van der Waals surface area contributed by atoms with Crippen molar-refractivity contribution in [3.63, 3.8) is 0 Å². The Labute approximate surface area is 88.3 Å². The van der Waals surface area contributed by atoms with Gasteiger partial charge in [0, 0.05) is 12.4 Å². The molecule has 2 aromatic rings. The van der Waals surface area contributed by atoms with E-state index in [9.17, 15) is 5.11 Å². The molecule has 0 spiro atoms. The van der Waals surface area contributed by atoms with E-state index >= 15 is 0 Å². The molecule has 2 rings (SSSR count). The van der Waals surface area contributed by atoms with Crippen molar-refractivity contribution in [1.29, 1.82) is 0 Å². The highest BCUT2D eigenvalue weighted by Gasteiger charge is 2.15. The second-order valence-electron chi connectivity index (χ2n) is 3.62. The molecule has 1 atom stereocenters. The minimum Gasteiger partial charge on any atom is -0.387 e. The van der Waals surface area contributed by atoms with Gasteiger partial charge in [0.25, 0.3) is 0 Å². The number of nitrogens with zero attached hydrogens (tertiary/aromatic N) is 2. The van der Waals surface area contributed by atoms with E-state index in [1.165, 1.54) is 0 Å². The normalized spacial score (nSPS) is 13.3. The van der Waals surface area contributed by atoms with E-state index in [2.05, 4.69) is 5.10 Å². The van der Waals surface area contributed by atoms with Gasteiger partial charge in [0.1, 0.15) is 0 Å². The molecular weight excluding hydrogens is 190 g/mol. The molecule has 15 heavy (non-hydrogen) atoms. The van der Waals surface area contributed by atoms with Crippen molar-refractivity contribution in [2.75, 3.05) is 6.54 Å². The van der Waals surface area contributed by atoms with E-state index in [1.807, 2.05) is 31.3 Å². The summed E-state index contributed by atoms with van der Waals surface area (Å²) in [6.07, 6.45) is 0.0242. The minimum absolute atomic E-state index is 0.473. The fraction of sp³-hybridized carbons (Fsp3) is 0.364. The SMILES string of the molecule is Cn1nc2ccccc2c1C(O)CCN. The summed E-state index contributed by atoms with van der Waals surface area (Å²) in [5.74, 6) is 0. The highest BCUT2D eigenvalue weighted by molar-refractivity contribution is 5.81. The fourth-order valence-corrected chi connectivity index (χ4v) is 1.86. The van der Waals surface area contributed by atoms with Crippen LogP contribution in [0.25, 0.3) is 10.9 Å². The molecule has 0 saturated carbocycles. The Kier molecular flexibility index (Phi) is 2.70. The van der Waals surface area contributed by atoms with Crippen LogP contribution in [0.2, 0.25) is 0 Å². The van der Waals surface area contributed by atoms with Crippen molar-refractivity contribution in [2.24, 2.45) is 12.8 Å². The summed E-state index contributed by atoms with van der Waals surface area (Å²) < 4.78 is 1.73. The van der Waals surface area contributed by atoms with Crippen molar-refractivity contribution in [2.45, 2.75) is 12.5 Å². The highest BCUT2D eigenvalue weighted by atomic mass is 16.3. The first-order valence-corrected chi connectivity index (χ1v) is 5.04. The number of hydrogen-bond donors (Lipinski definition) is 2. The first-order valence-electron chi connectivity index (χ1n) is 5.04. The number of aliphatic hydroxyl groups is 1. The number of aliphatic hydroxyl groups excluding tert-OH is 1. The number of fused-ring (bicyclic) bond motifs is 1. The van der Waals surface area contributed by atoms with Gasteiger partial charge in [-0.05, 0) is 19.0 Å². The van der Waals surface area contributed by atoms with Crippen LogP contribution < -0.4 is 5.73 Å². The zero-order valence-electron chi connectivity index (χ0n) is 8.72. The molecule has 80 valence electrons. The highest BCUT2D eigenvalue weighted by Crippen LogP contribution is 2.24. The van der Waals surface area contributed by atoms with E-state index < -0.39 is 6.10 Å². The number of nitrogens with two attached hydrogens (primary N) is 1. The number of aryl methyl sites for hydroxylation is 1. The van der Waals surface area contributed by atoms with Gasteiger partial charge in [0.15, 0.2) is 0 Å². The molecule has 4 nitrogen and oxygen atoms in total. The van der Waals surface area contributed by atoms with Crippen LogP contribution in [0.3, 0.4) is 0 Å². The topological polar surface area (TPSA) is 64.1 Å². The van der Waals surface area contributed by atoms with Gasteiger partial charge in [-0.3, -0.25) is 4.68 Å². The Morgan fingerprint density at radius 1 is 1.47 bits per heavy atom. The Bertz CT molecular complexity index is 464. The largest absolute Gasteiger partial charge is 0.387 e. The molecule has 0 radical (unpaired) electrons. The van der Waals surface area contributed by atoms with Crippen LogP contribution in [0.1, 0.15) is 18.2 Å². The Balaban J connectivity index is 2.53. The number of rotatable bonds is 3. The third-order valence-electron chi connectivity index (χ3n) is 2.54. The second kappa shape index (κ2) is 4.00. The van der Waals surface area contributed by atoms with Crippen molar-refractivity contribution in [1.82, 2.24) is 9.78 Å². The molecular formula is C11H15N3O. The average Bonchev–Trinajstić information content (AvgIpc) is 2.54. The molecule has 1 aromatic carbocycles.